The highest BCUT2D eigenvalue weighted by molar-refractivity contribution is 7.85. The van der Waals surface area contributed by atoms with E-state index >= 15 is 0 Å². The standard InChI is InChI=1S/C16H12ClN3OS.CH4O3S/c17-14-13(11-6-1-2-7-12(11)22-14)9-4-3-5-10(8-9)15(21)20-16(18)19;1-5(2,3)4/h1-8H,(H4,18,19,20,21);1H3,(H,2,3,4). The minimum absolute atomic E-state index is 0.380. The maximum atomic E-state index is 12.0. The molecule has 0 aliphatic carbocycles. The molecule has 0 aliphatic heterocycles. The third kappa shape index (κ3) is 6.04. The van der Waals surface area contributed by atoms with E-state index < -0.39 is 16.0 Å². The normalized spacial score (nSPS) is 10.8. The van der Waals surface area contributed by atoms with Crippen molar-refractivity contribution in [3.8, 4) is 11.1 Å². The van der Waals surface area contributed by atoms with Crippen molar-refractivity contribution in [2.45, 2.75) is 0 Å². The van der Waals surface area contributed by atoms with Crippen LogP contribution in [0.3, 0.4) is 0 Å². The summed E-state index contributed by atoms with van der Waals surface area (Å²) in [7, 11) is -3.67. The molecule has 0 saturated heterocycles. The lowest BCUT2D eigenvalue weighted by molar-refractivity contribution is 0.0976. The van der Waals surface area contributed by atoms with Crippen molar-refractivity contribution in [3.63, 3.8) is 0 Å². The first-order valence-corrected chi connectivity index (χ1v) is 10.5. The second-order valence-electron chi connectivity index (χ2n) is 5.43. The topological polar surface area (TPSA) is 133 Å². The van der Waals surface area contributed by atoms with Gasteiger partial charge in [-0.05, 0) is 23.8 Å². The highest BCUT2D eigenvalue weighted by atomic mass is 35.5. The molecule has 0 spiro atoms. The molecule has 7 nitrogen and oxygen atoms in total. The highest BCUT2D eigenvalue weighted by Crippen LogP contribution is 2.41. The summed E-state index contributed by atoms with van der Waals surface area (Å²) >= 11 is 7.89. The van der Waals surface area contributed by atoms with Crippen LogP contribution in [0.25, 0.3) is 21.2 Å². The second-order valence-corrected chi connectivity index (χ2v) is 8.55. The SMILES string of the molecule is CS(=O)(=O)O.N=C(N)NC(=O)c1cccc(-c2c(Cl)sc3ccccc23)c1. The van der Waals surface area contributed by atoms with E-state index in [2.05, 4.69) is 5.32 Å². The third-order valence-electron chi connectivity index (χ3n) is 3.21. The number of guanidine groups is 1. The van der Waals surface area contributed by atoms with Crippen LogP contribution >= 0.6 is 22.9 Å². The molecular formula is C17H16ClN3O4S2. The molecular weight excluding hydrogens is 410 g/mol. The van der Waals surface area contributed by atoms with Gasteiger partial charge in [-0.3, -0.25) is 20.1 Å². The van der Waals surface area contributed by atoms with E-state index in [-0.39, 0.29) is 5.96 Å². The zero-order valence-electron chi connectivity index (χ0n) is 14.1. The zero-order chi connectivity index (χ0) is 20.2. The van der Waals surface area contributed by atoms with Crippen LogP contribution in [0, 0.1) is 5.41 Å². The fourth-order valence-corrected chi connectivity index (χ4v) is 3.70. The lowest BCUT2D eigenvalue weighted by Crippen LogP contribution is -2.35. The highest BCUT2D eigenvalue weighted by Gasteiger charge is 2.14. The van der Waals surface area contributed by atoms with Gasteiger partial charge < -0.3 is 5.73 Å². The fourth-order valence-electron chi connectivity index (χ4n) is 2.30. The smallest absolute Gasteiger partial charge is 0.261 e. The number of thiophene rings is 1. The summed E-state index contributed by atoms with van der Waals surface area (Å²) in [4.78, 5) is 12.0. The van der Waals surface area contributed by atoms with Crippen LogP contribution in [0.1, 0.15) is 10.4 Å². The first-order valence-electron chi connectivity index (χ1n) is 7.41. The minimum atomic E-state index is -3.67. The Balaban J connectivity index is 0.000000465. The summed E-state index contributed by atoms with van der Waals surface area (Å²) < 4.78 is 27.7. The molecule has 0 aliphatic rings. The Kier molecular flexibility index (Phi) is 6.55. The average molecular weight is 426 g/mol. The molecule has 142 valence electrons. The van der Waals surface area contributed by atoms with Crippen molar-refractivity contribution in [2.75, 3.05) is 6.26 Å². The molecule has 3 rings (SSSR count). The Morgan fingerprint density at radius 1 is 1.22 bits per heavy atom. The lowest BCUT2D eigenvalue weighted by atomic mass is 10.0. The molecule has 0 unspecified atom stereocenters. The van der Waals surface area contributed by atoms with Gasteiger partial charge in [-0.2, -0.15) is 8.42 Å². The molecule has 0 atom stereocenters. The molecule has 1 aromatic heterocycles. The number of hydrogen-bond donors (Lipinski definition) is 4. The monoisotopic (exact) mass is 425 g/mol. The van der Waals surface area contributed by atoms with Gasteiger partial charge in [-0.25, -0.2) is 0 Å². The summed E-state index contributed by atoms with van der Waals surface area (Å²) in [5.41, 5.74) is 7.40. The number of rotatable bonds is 2. The van der Waals surface area contributed by atoms with Gasteiger partial charge in [0.2, 0.25) is 0 Å². The summed E-state index contributed by atoms with van der Waals surface area (Å²) in [6, 6.07) is 15.1. The second kappa shape index (κ2) is 8.49. The van der Waals surface area contributed by atoms with Crippen LogP contribution < -0.4 is 11.1 Å². The van der Waals surface area contributed by atoms with Crippen LogP contribution in [0.15, 0.2) is 48.5 Å². The lowest BCUT2D eigenvalue weighted by Gasteiger charge is -2.06. The predicted molar refractivity (Wildman–Crippen MR) is 109 cm³/mol. The summed E-state index contributed by atoms with van der Waals surface area (Å²) in [5, 5.41) is 10.5. The molecule has 0 saturated carbocycles. The first kappa shape index (κ1) is 20.8. The molecule has 3 aromatic rings. The average Bonchev–Trinajstić information content (AvgIpc) is 2.88. The van der Waals surface area contributed by atoms with Gasteiger partial charge in [0.1, 0.15) is 4.34 Å². The quantitative estimate of drug-likeness (QED) is 0.284. The Bertz CT molecular complexity index is 1100. The van der Waals surface area contributed by atoms with Gasteiger partial charge in [0.05, 0.1) is 6.26 Å². The Morgan fingerprint density at radius 3 is 2.48 bits per heavy atom. The number of carbonyl (C=O) groups is 1. The van der Waals surface area contributed by atoms with Gasteiger partial charge in [0.25, 0.3) is 16.0 Å². The number of fused-ring (bicyclic) bond motifs is 1. The zero-order valence-corrected chi connectivity index (χ0v) is 16.5. The van der Waals surface area contributed by atoms with Gasteiger partial charge >= 0.3 is 0 Å². The van der Waals surface area contributed by atoms with Crippen LogP contribution in [0.2, 0.25) is 4.34 Å². The number of carbonyl (C=O) groups excluding carboxylic acids is 1. The molecule has 2 aromatic carbocycles. The Morgan fingerprint density at radius 2 is 1.85 bits per heavy atom. The Labute approximate surface area is 165 Å². The van der Waals surface area contributed by atoms with Crippen molar-refractivity contribution in [1.82, 2.24) is 5.32 Å². The molecule has 10 heteroatoms. The molecule has 5 N–H and O–H groups in total. The number of nitrogens with two attached hydrogens (primary N) is 1. The van der Waals surface area contributed by atoms with E-state index in [1.807, 2.05) is 30.3 Å². The van der Waals surface area contributed by atoms with Crippen molar-refractivity contribution in [2.24, 2.45) is 5.73 Å². The van der Waals surface area contributed by atoms with Crippen molar-refractivity contribution in [3.05, 3.63) is 58.4 Å². The van der Waals surface area contributed by atoms with E-state index in [1.165, 1.54) is 11.3 Å². The van der Waals surface area contributed by atoms with Gasteiger partial charge in [-0.15, -0.1) is 11.3 Å². The van der Waals surface area contributed by atoms with Crippen LogP contribution in [0.5, 0.6) is 0 Å². The number of halogens is 1. The van der Waals surface area contributed by atoms with Crippen molar-refractivity contribution < 1.29 is 17.8 Å². The molecule has 0 radical (unpaired) electrons. The Hall–Kier alpha value is -2.46. The largest absolute Gasteiger partial charge is 0.370 e. The number of hydrogen-bond acceptors (Lipinski definition) is 5. The number of benzene rings is 2. The molecule has 0 bridgehead atoms. The summed E-state index contributed by atoms with van der Waals surface area (Å²) in [5.74, 6) is -0.792. The first-order chi connectivity index (χ1) is 12.6. The van der Waals surface area contributed by atoms with Gasteiger partial charge in [-0.1, -0.05) is 41.9 Å². The van der Waals surface area contributed by atoms with Crippen molar-refractivity contribution in [1.29, 1.82) is 5.41 Å². The van der Waals surface area contributed by atoms with Gasteiger partial charge in [0, 0.05) is 21.2 Å². The maximum absolute atomic E-state index is 12.0. The summed E-state index contributed by atoms with van der Waals surface area (Å²) in [6.07, 6.45) is 0.715. The summed E-state index contributed by atoms with van der Waals surface area (Å²) in [6.45, 7) is 0. The molecule has 0 fully saturated rings. The van der Waals surface area contributed by atoms with Crippen LogP contribution in [0.4, 0.5) is 0 Å². The molecule has 27 heavy (non-hydrogen) atoms. The number of amides is 1. The third-order valence-corrected chi connectivity index (χ3v) is 4.59. The van der Waals surface area contributed by atoms with E-state index in [1.54, 1.807) is 18.2 Å². The van der Waals surface area contributed by atoms with E-state index in [0.717, 1.165) is 21.2 Å². The fraction of sp³-hybridized carbons (Fsp3) is 0.0588. The van der Waals surface area contributed by atoms with E-state index in [9.17, 15) is 13.2 Å². The van der Waals surface area contributed by atoms with Crippen molar-refractivity contribution >= 4 is 55.0 Å². The van der Waals surface area contributed by atoms with E-state index in [4.69, 9.17) is 27.3 Å². The van der Waals surface area contributed by atoms with Gasteiger partial charge in [0.15, 0.2) is 5.96 Å². The molecule has 1 amide bonds. The maximum Gasteiger partial charge on any atom is 0.261 e. The van der Waals surface area contributed by atoms with E-state index in [0.29, 0.717) is 16.2 Å². The predicted octanol–water partition coefficient (Wildman–Crippen LogP) is 3.35. The molecule has 1 heterocycles. The van der Waals surface area contributed by atoms with Crippen LogP contribution in [-0.2, 0) is 10.1 Å². The minimum Gasteiger partial charge on any atom is -0.370 e. The number of nitrogens with one attached hydrogen (secondary N) is 2. The van der Waals surface area contributed by atoms with Crippen LogP contribution in [-0.4, -0.2) is 31.1 Å².